The summed E-state index contributed by atoms with van der Waals surface area (Å²) in [5.74, 6) is -0.291. The summed E-state index contributed by atoms with van der Waals surface area (Å²) >= 11 is 0. The standard InChI is InChI=1S/C25H39N3O6/c1-7-32-21(29)25(5,6)18-26-15-20-16-27(22(30)34-24(2,3)4)13-14-28(20)23(31)33-17-19-11-9-8-10-12-19/h8-12,20,26H,7,13-18H2,1-6H3/t20-/m1/s1. The molecule has 1 aromatic rings. The molecule has 0 aliphatic carbocycles. The van der Waals surface area contributed by atoms with Crippen molar-refractivity contribution < 1.29 is 28.6 Å². The molecule has 0 unspecified atom stereocenters. The fourth-order valence-corrected chi connectivity index (χ4v) is 3.51. The Kier molecular flexibility index (Phi) is 9.73. The third kappa shape index (κ3) is 8.52. The van der Waals surface area contributed by atoms with Crippen molar-refractivity contribution in [2.75, 3.05) is 39.3 Å². The van der Waals surface area contributed by atoms with Gasteiger partial charge in [-0.3, -0.25) is 4.79 Å². The molecule has 2 rings (SSSR count). The first-order chi connectivity index (χ1) is 15.9. The van der Waals surface area contributed by atoms with Crippen LogP contribution >= 0.6 is 0 Å². The maximum atomic E-state index is 12.9. The molecule has 1 aliphatic rings. The van der Waals surface area contributed by atoms with Gasteiger partial charge < -0.3 is 29.3 Å². The number of rotatable bonds is 8. The van der Waals surface area contributed by atoms with Crippen LogP contribution in [-0.4, -0.2) is 78.9 Å². The molecule has 190 valence electrons. The van der Waals surface area contributed by atoms with E-state index in [9.17, 15) is 14.4 Å². The summed E-state index contributed by atoms with van der Waals surface area (Å²) in [4.78, 5) is 41.0. The summed E-state index contributed by atoms with van der Waals surface area (Å²) in [6.07, 6.45) is -0.856. The molecule has 1 atom stereocenters. The van der Waals surface area contributed by atoms with Gasteiger partial charge >= 0.3 is 18.2 Å². The minimum absolute atomic E-state index is 0.169. The Labute approximate surface area is 202 Å². The number of hydrogen-bond donors (Lipinski definition) is 1. The van der Waals surface area contributed by atoms with Crippen molar-refractivity contribution in [2.24, 2.45) is 5.41 Å². The number of esters is 1. The molecule has 0 saturated carbocycles. The molecule has 0 radical (unpaired) electrons. The van der Waals surface area contributed by atoms with Crippen LogP contribution in [0.1, 0.15) is 47.1 Å². The highest BCUT2D eigenvalue weighted by atomic mass is 16.6. The minimum Gasteiger partial charge on any atom is -0.466 e. The molecular weight excluding hydrogens is 438 g/mol. The number of carbonyl (C=O) groups is 3. The van der Waals surface area contributed by atoms with E-state index in [0.717, 1.165) is 5.56 Å². The molecule has 1 aromatic carbocycles. The molecule has 1 N–H and O–H groups in total. The number of nitrogens with zero attached hydrogens (tertiary/aromatic N) is 2. The van der Waals surface area contributed by atoms with Crippen molar-refractivity contribution in [1.82, 2.24) is 15.1 Å². The van der Waals surface area contributed by atoms with Gasteiger partial charge in [-0.1, -0.05) is 30.3 Å². The lowest BCUT2D eigenvalue weighted by Crippen LogP contribution is -2.60. The van der Waals surface area contributed by atoms with Crippen LogP contribution in [0, 0.1) is 5.41 Å². The van der Waals surface area contributed by atoms with Crippen molar-refractivity contribution >= 4 is 18.2 Å². The quantitative estimate of drug-likeness (QED) is 0.453. The Hall–Kier alpha value is -2.81. The van der Waals surface area contributed by atoms with E-state index in [-0.39, 0.29) is 18.6 Å². The molecule has 0 spiro atoms. The average molecular weight is 478 g/mol. The zero-order valence-electron chi connectivity index (χ0n) is 21.3. The van der Waals surface area contributed by atoms with Crippen LogP contribution in [0.15, 0.2) is 30.3 Å². The third-order valence-corrected chi connectivity index (χ3v) is 5.35. The second kappa shape index (κ2) is 12.1. The van der Waals surface area contributed by atoms with Crippen LogP contribution in [0.4, 0.5) is 9.59 Å². The first kappa shape index (κ1) is 27.4. The van der Waals surface area contributed by atoms with Crippen LogP contribution < -0.4 is 5.32 Å². The van der Waals surface area contributed by atoms with Crippen molar-refractivity contribution in [1.29, 1.82) is 0 Å². The topological polar surface area (TPSA) is 97.4 Å². The third-order valence-electron chi connectivity index (χ3n) is 5.35. The number of amides is 2. The van der Waals surface area contributed by atoms with Crippen molar-refractivity contribution in [2.45, 2.75) is 59.8 Å². The Balaban J connectivity index is 2.04. The summed E-state index contributed by atoms with van der Waals surface area (Å²) in [5, 5.41) is 3.27. The van der Waals surface area contributed by atoms with E-state index in [2.05, 4.69) is 5.32 Å². The van der Waals surface area contributed by atoms with Gasteiger partial charge in [0.1, 0.15) is 12.2 Å². The highest BCUT2D eigenvalue weighted by Crippen LogP contribution is 2.18. The highest BCUT2D eigenvalue weighted by molar-refractivity contribution is 5.76. The van der Waals surface area contributed by atoms with E-state index >= 15 is 0 Å². The van der Waals surface area contributed by atoms with E-state index < -0.39 is 23.2 Å². The molecule has 0 bridgehead atoms. The van der Waals surface area contributed by atoms with Gasteiger partial charge in [-0.05, 0) is 47.1 Å². The zero-order valence-corrected chi connectivity index (χ0v) is 21.3. The number of hydrogen-bond acceptors (Lipinski definition) is 7. The predicted octanol–water partition coefficient (Wildman–Crippen LogP) is 3.42. The first-order valence-electron chi connectivity index (χ1n) is 11.8. The monoisotopic (exact) mass is 477 g/mol. The largest absolute Gasteiger partial charge is 0.466 e. The van der Waals surface area contributed by atoms with Crippen LogP contribution in [0.2, 0.25) is 0 Å². The number of piperazine rings is 1. The van der Waals surface area contributed by atoms with Gasteiger partial charge in [0, 0.05) is 32.7 Å². The van der Waals surface area contributed by atoms with Gasteiger partial charge in [0.15, 0.2) is 0 Å². The Morgan fingerprint density at radius 3 is 2.29 bits per heavy atom. The van der Waals surface area contributed by atoms with Crippen LogP contribution in [-0.2, 0) is 25.6 Å². The Morgan fingerprint density at radius 2 is 1.68 bits per heavy atom. The van der Waals surface area contributed by atoms with Crippen LogP contribution in [0.3, 0.4) is 0 Å². The van der Waals surface area contributed by atoms with Crippen molar-refractivity contribution in [3.05, 3.63) is 35.9 Å². The van der Waals surface area contributed by atoms with Gasteiger partial charge in [0.2, 0.25) is 0 Å². The van der Waals surface area contributed by atoms with Gasteiger partial charge in [-0.15, -0.1) is 0 Å². The molecule has 1 aliphatic heterocycles. The van der Waals surface area contributed by atoms with E-state index in [1.54, 1.807) is 30.6 Å². The lowest BCUT2D eigenvalue weighted by molar-refractivity contribution is -0.153. The highest BCUT2D eigenvalue weighted by Gasteiger charge is 2.36. The van der Waals surface area contributed by atoms with Gasteiger partial charge in [-0.2, -0.15) is 0 Å². The van der Waals surface area contributed by atoms with Crippen molar-refractivity contribution in [3.63, 3.8) is 0 Å². The molecule has 1 heterocycles. The van der Waals surface area contributed by atoms with Crippen molar-refractivity contribution in [3.8, 4) is 0 Å². The summed E-state index contributed by atoms with van der Waals surface area (Å²) < 4.78 is 16.2. The number of benzene rings is 1. The van der Waals surface area contributed by atoms with Gasteiger partial charge in [-0.25, -0.2) is 9.59 Å². The van der Waals surface area contributed by atoms with E-state index in [4.69, 9.17) is 14.2 Å². The summed E-state index contributed by atoms with van der Waals surface area (Å²) in [6, 6.07) is 9.12. The van der Waals surface area contributed by atoms with E-state index in [1.165, 1.54) is 0 Å². The maximum Gasteiger partial charge on any atom is 0.410 e. The summed E-state index contributed by atoms with van der Waals surface area (Å²) in [5.41, 5.74) is -0.442. The fraction of sp³-hybridized carbons (Fsp3) is 0.640. The molecule has 9 heteroatoms. The Bertz CT molecular complexity index is 822. The second-order valence-electron chi connectivity index (χ2n) is 10.0. The Morgan fingerprint density at radius 1 is 1.00 bits per heavy atom. The molecule has 1 fully saturated rings. The normalized spacial score (nSPS) is 16.7. The zero-order chi connectivity index (χ0) is 25.4. The molecule has 1 saturated heterocycles. The molecule has 0 aromatic heterocycles. The molecule has 34 heavy (non-hydrogen) atoms. The molecular formula is C25H39N3O6. The lowest BCUT2D eigenvalue weighted by atomic mass is 9.93. The average Bonchev–Trinajstić information content (AvgIpc) is 2.77. The number of nitrogens with one attached hydrogen (secondary N) is 1. The molecule has 9 nitrogen and oxygen atoms in total. The maximum absolute atomic E-state index is 12.9. The SMILES string of the molecule is CCOC(=O)C(C)(C)CNC[C@@H]1CN(C(=O)OC(C)(C)C)CCN1C(=O)OCc1ccccc1. The van der Waals surface area contributed by atoms with Crippen LogP contribution in [0.5, 0.6) is 0 Å². The van der Waals surface area contributed by atoms with Gasteiger partial charge in [0.25, 0.3) is 0 Å². The predicted molar refractivity (Wildman–Crippen MR) is 128 cm³/mol. The smallest absolute Gasteiger partial charge is 0.410 e. The second-order valence-corrected chi connectivity index (χ2v) is 10.0. The summed E-state index contributed by atoms with van der Waals surface area (Å²) in [7, 11) is 0. The lowest BCUT2D eigenvalue weighted by Gasteiger charge is -2.41. The number of ether oxygens (including phenoxy) is 3. The van der Waals surface area contributed by atoms with E-state index in [0.29, 0.717) is 39.3 Å². The molecule has 2 amide bonds. The van der Waals surface area contributed by atoms with E-state index in [1.807, 2.05) is 51.1 Å². The van der Waals surface area contributed by atoms with Gasteiger partial charge in [0.05, 0.1) is 18.1 Å². The minimum atomic E-state index is -0.728. The first-order valence-corrected chi connectivity index (χ1v) is 11.8. The summed E-state index contributed by atoms with van der Waals surface area (Å²) in [6.45, 7) is 13.0. The fourth-order valence-electron chi connectivity index (χ4n) is 3.51. The van der Waals surface area contributed by atoms with Crippen LogP contribution in [0.25, 0.3) is 0 Å². The number of carbonyl (C=O) groups excluding carboxylic acids is 3.